The molecule has 2 rings (SSSR count). The third kappa shape index (κ3) is 6.13. The number of halogens is 1. The van der Waals surface area contributed by atoms with E-state index >= 15 is 0 Å². The highest BCUT2D eigenvalue weighted by molar-refractivity contribution is 5.96. The van der Waals surface area contributed by atoms with Gasteiger partial charge in [0.15, 0.2) is 0 Å². The Morgan fingerprint density at radius 1 is 1.16 bits per heavy atom. The fraction of sp³-hybridized carbons (Fsp3) is 0.312. The summed E-state index contributed by atoms with van der Waals surface area (Å²) < 4.78 is 12.7. The second-order valence-electron chi connectivity index (χ2n) is 5.53. The number of nitrogens with one attached hydrogen (secondary N) is 3. The molecule has 2 aromatic rings. The molecule has 0 aliphatic rings. The molecule has 0 saturated heterocycles. The van der Waals surface area contributed by atoms with Gasteiger partial charge in [-0.05, 0) is 18.1 Å². The summed E-state index contributed by atoms with van der Waals surface area (Å²) in [5.41, 5.74) is 0.406. The van der Waals surface area contributed by atoms with Gasteiger partial charge in [-0.2, -0.15) is 4.39 Å². The number of amides is 2. The molecular weight excluding hydrogens is 327 g/mol. The van der Waals surface area contributed by atoms with Crippen molar-refractivity contribution in [2.75, 3.05) is 23.7 Å². The van der Waals surface area contributed by atoms with Crippen molar-refractivity contribution in [3.63, 3.8) is 0 Å². The van der Waals surface area contributed by atoms with E-state index in [0.717, 1.165) is 6.20 Å². The summed E-state index contributed by atoms with van der Waals surface area (Å²) in [7, 11) is 0. The van der Waals surface area contributed by atoms with Gasteiger partial charge < -0.3 is 16.0 Å². The second kappa shape index (κ2) is 8.67. The summed E-state index contributed by atoms with van der Waals surface area (Å²) in [6.45, 7) is 4.28. The fourth-order valence-corrected chi connectivity index (χ4v) is 1.94. The van der Waals surface area contributed by atoms with Gasteiger partial charge in [0, 0.05) is 31.8 Å². The Kier molecular flexibility index (Phi) is 6.33. The Balaban J connectivity index is 1.80. The maximum atomic E-state index is 12.7. The molecule has 1 atom stereocenters. The molecule has 0 aliphatic carbocycles. The summed E-state index contributed by atoms with van der Waals surface area (Å²) in [6, 6.07) is 3.07. The summed E-state index contributed by atoms with van der Waals surface area (Å²) >= 11 is 0. The molecule has 0 aromatic carbocycles. The minimum absolute atomic E-state index is 0.104. The molecule has 25 heavy (non-hydrogen) atoms. The molecule has 2 aromatic heterocycles. The van der Waals surface area contributed by atoms with Crippen molar-refractivity contribution in [1.82, 2.24) is 20.3 Å². The van der Waals surface area contributed by atoms with E-state index in [4.69, 9.17) is 0 Å². The van der Waals surface area contributed by atoms with Crippen molar-refractivity contribution in [3.05, 3.63) is 42.2 Å². The van der Waals surface area contributed by atoms with Crippen molar-refractivity contribution >= 4 is 23.5 Å². The lowest BCUT2D eigenvalue weighted by Gasteiger charge is -2.14. The third-order valence-corrected chi connectivity index (χ3v) is 3.19. The highest BCUT2D eigenvalue weighted by atomic mass is 19.1. The molecule has 1 unspecified atom stereocenters. The van der Waals surface area contributed by atoms with Gasteiger partial charge in [0.2, 0.25) is 11.9 Å². The quantitative estimate of drug-likeness (QED) is 0.700. The molecule has 2 heterocycles. The number of hydrogen-bond donors (Lipinski definition) is 3. The van der Waals surface area contributed by atoms with E-state index in [9.17, 15) is 14.0 Å². The zero-order chi connectivity index (χ0) is 18.2. The van der Waals surface area contributed by atoms with Crippen molar-refractivity contribution in [1.29, 1.82) is 0 Å². The van der Waals surface area contributed by atoms with Crippen molar-refractivity contribution in [2.45, 2.75) is 13.8 Å². The van der Waals surface area contributed by atoms with Gasteiger partial charge >= 0.3 is 0 Å². The van der Waals surface area contributed by atoms with Crippen LogP contribution in [0.25, 0.3) is 0 Å². The van der Waals surface area contributed by atoms with Gasteiger partial charge in [-0.15, -0.1) is 0 Å². The van der Waals surface area contributed by atoms with E-state index in [1.165, 1.54) is 25.4 Å². The zero-order valence-electron chi connectivity index (χ0n) is 13.9. The maximum absolute atomic E-state index is 12.7. The molecule has 9 heteroatoms. The standard InChI is InChI=1S/C16H19FN6O2/c1-10(6-20-15-9-19-13(17)8-21-15)7-22-16(25)12-3-4-18-14(5-12)23-11(2)24/h3-5,8-10H,6-7H2,1-2H3,(H,20,21)(H,22,25)(H,18,23,24). The lowest BCUT2D eigenvalue weighted by atomic mass is 10.1. The average Bonchev–Trinajstić information content (AvgIpc) is 2.59. The fourth-order valence-electron chi connectivity index (χ4n) is 1.94. The van der Waals surface area contributed by atoms with Crippen LogP contribution in [-0.2, 0) is 4.79 Å². The molecule has 0 fully saturated rings. The van der Waals surface area contributed by atoms with E-state index in [0.29, 0.717) is 30.3 Å². The molecule has 0 bridgehead atoms. The maximum Gasteiger partial charge on any atom is 0.251 e. The van der Waals surface area contributed by atoms with Crippen LogP contribution in [0, 0.1) is 11.9 Å². The van der Waals surface area contributed by atoms with E-state index in [1.54, 1.807) is 6.07 Å². The first-order valence-electron chi connectivity index (χ1n) is 7.67. The molecule has 0 saturated carbocycles. The smallest absolute Gasteiger partial charge is 0.251 e. The first-order chi connectivity index (χ1) is 11.9. The number of hydrogen-bond acceptors (Lipinski definition) is 6. The lowest BCUT2D eigenvalue weighted by molar-refractivity contribution is -0.114. The molecule has 0 spiro atoms. The normalized spacial score (nSPS) is 11.5. The summed E-state index contributed by atoms with van der Waals surface area (Å²) in [5, 5.41) is 8.35. The van der Waals surface area contributed by atoms with Crippen LogP contribution in [0.3, 0.4) is 0 Å². The lowest BCUT2D eigenvalue weighted by Crippen LogP contribution is -2.31. The molecule has 8 nitrogen and oxygen atoms in total. The number of rotatable bonds is 7. The van der Waals surface area contributed by atoms with Gasteiger partial charge in [-0.25, -0.2) is 15.0 Å². The number of nitrogens with zero attached hydrogens (tertiary/aromatic N) is 3. The number of carbonyl (C=O) groups excluding carboxylic acids is 2. The van der Waals surface area contributed by atoms with Gasteiger partial charge in [0.1, 0.15) is 11.6 Å². The van der Waals surface area contributed by atoms with E-state index in [1.807, 2.05) is 6.92 Å². The Hall–Kier alpha value is -3.10. The van der Waals surface area contributed by atoms with E-state index in [-0.39, 0.29) is 17.7 Å². The van der Waals surface area contributed by atoms with Crippen LogP contribution in [0.4, 0.5) is 16.0 Å². The monoisotopic (exact) mass is 346 g/mol. The minimum Gasteiger partial charge on any atom is -0.368 e. The summed E-state index contributed by atoms with van der Waals surface area (Å²) in [6.07, 6.45) is 3.80. The number of anilines is 2. The average molecular weight is 346 g/mol. The minimum atomic E-state index is -0.637. The van der Waals surface area contributed by atoms with Crippen molar-refractivity contribution in [2.24, 2.45) is 5.92 Å². The highest BCUT2D eigenvalue weighted by Gasteiger charge is 2.10. The Morgan fingerprint density at radius 2 is 1.96 bits per heavy atom. The van der Waals surface area contributed by atoms with Gasteiger partial charge in [0.25, 0.3) is 5.91 Å². The largest absolute Gasteiger partial charge is 0.368 e. The predicted molar refractivity (Wildman–Crippen MR) is 90.5 cm³/mol. The van der Waals surface area contributed by atoms with E-state index < -0.39 is 5.95 Å². The summed E-state index contributed by atoms with van der Waals surface area (Å²) in [4.78, 5) is 34.5. The third-order valence-electron chi connectivity index (χ3n) is 3.19. The van der Waals surface area contributed by atoms with Crippen molar-refractivity contribution < 1.29 is 14.0 Å². The first-order valence-corrected chi connectivity index (χ1v) is 7.67. The van der Waals surface area contributed by atoms with Crippen LogP contribution in [0.5, 0.6) is 0 Å². The SMILES string of the molecule is CC(=O)Nc1cc(C(=O)NCC(C)CNc2cnc(F)cn2)ccn1. The molecule has 2 amide bonds. The second-order valence-corrected chi connectivity index (χ2v) is 5.53. The number of aromatic nitrogens is 3. The first kappa shape index (κ1) is 18.2. The Bertz CT molecular complexity index is 738. The number of pyridine rings is 1. The summed E-state index contributed by atoms with van der Waals surface area (Å²) in [5.74, 6) is -0.260. The van der Waals surface area contributed by atoms with E-state index in [2.05, 4.69) is 30.9 Å². The molecule has 0 radical (unpaired) electrons. The molecule has 132 valence electrons. The molecular formula is C16H19FN6O2. The van der Waals surface area contributed by atoms with Crippen molar-refractivity contribution in [3.8, 4) is 0 Å². The predicted octanol–water partition coefficient (Wildman–Crippen LogP) is 1.45. The van der Waals surface area contributed by atoms with Crippen LogP contribution < -0.4 is 16.0 Å². The number of carbonyl (C=O) groups is 2. The van der Waals surface area contributed by atoms with Gasteiger partial charge in [-0.3, -0.25) is 9.59 Å². The van der Waals surface area contributed by atoms with Crippen LogP contribution >= 0.6 is 0 Å². The zero-order valence-corrected chi connectivity index (χ0v) is 13.9. The van der Waals surface area contributed by atoms with Crippen LogP contribution in [0.15, 0.2) is 30.7 Å². The van der Waals surface area contributed by atoms with Crippen LogP contribution in [0.2, 0.25) is 0 Å². The topological polar surface area (TPSA) is 109 Å². The highest BCUT2D eigenvalue weighted by Crippen LogP contribution is 2.07. The molecule has 3 N–H and O–H groups in total. The van der Waals surface area contributed by atoms with Gasteiger partial charge in [-0.1, -0.05) is 6.92 Å². The van der Waals surface area contributed by atoms with Crippen LogP contribution in [-0.4, -0.2) is 39.9 Å². The van der Waals surface area contributed by atoms with Gasteiger partial charge in [0.05, 0.1) is 12.4 Å². The Labute approximate surface area is 144 Å². The Morgan fingerprint density at radius 3 is 2.64 bits per heavy atom. The van der Waals surface area contributed by atoms with Crippen LogP contribution in [0.1, 0.15) is 24.2 Å². The molecule has 0 aliphatic heterocycles.